The predicted molar refractivity (Wildman–Crippen MR) is 118 cm³/mol. The molecule has 0 aliphatic heterocycles. The number of carbonyl (C=O) groups is 2. The fourth-order valence-corrected chi connectivity index (χ4v) is 3.95. The Morgan fingerprint density at radius 3 is 2.45 bits per heavy atom. The Kier molecular flexibility index (Phi) is 9.05. The number of rotatable bonds is 9. The second-order valence-corrected chi connectivity index (χ2v) is 8.95. The fourth-order valence-electron chi connectivity index (χ4n) is 3.95. The van der Waals surface area contributed by atoms with Gasteiger partial charge in [0.1, 0.15) is 6.54 Å². The molecule has 0 radical (unpaired) electrons. The standard InChI is InChI=1S/C23H40N4O2/c1-6-19(4)27(23(29)24-20-11-8-7-9-12-20)17-22(28)26(15-18(2)3)16-21-13-10-14-25(21)5/h10,13-14,18-20H,6-9,11-12,15-17H2,1-5H3,(H,24,29). The SMILES string of the molecule is CCC(C)N(CC(=O)N(Cc1cccn1C)CC(C)C)C(=O)NC1CCCCC1. The maximum Gasteiger partial charge on any atom is 0.318 e. The van der Waals surface area contributed by atoms with Crippen molar-refractivity contribution in [3.05, 3.63) is 24.0 Å². The van der Waals surface area contributed by atoms with Gasteiger partial charge in [-0.3, -0.25) is 4.79 Å². The normalized spacial score (nSPS) is 15.9. The maximum atomic E-state index is 13.2. The molecule has 1 atom stereocenters. The number of nitrogens with zero attached hydrogens (tertiary/aromatic N) is 3. The zero-order valence-electron chi connectivity index (χ0n) is 19.0. The maximum absolute atomic E-state index is 13.2. The van der Waals surface area contributed by atoms with Crippen molar-refractivity contribution in [3.63, 3.8) is 0 Å². The van der Waals surface area contributed by atoms with E-state index in [-0.39, 0.29) is 30.6 Å². The summed E-state index contributed by atoms with van der Waals surface area (Å²) in [6, 6.07) is 4.22. The molecule has 1 aromatic heterocycles. The summed E-state index contributed by atoms with van der Waals surface area (Å²) >= 11 is 0. The lowest BCUT2D eigenvalue weighted by Gasteiger charge is -2.34. The van der Waals surface area contributed by atoms with E-state index in [2.05, 4.69) is 26.1 Å². The summed E-state index contributed by atoms with van der Waals surface area (Å²) in [4.78, 5) is 29.9. The van der Waals surface area contributed by atoms with Gasteiger partial charge in [0, 0.05) is 37.6 Å². The molecule has 164 valence electrons. The van der Waals surface area contributed by atoms with Crippen LogP contribution in [-0.2, 0) is 18.4 Å². The average Bonchev–Trinajstić information content (AvgIpc) is 3.09. The van der Waals surface area contributed by atoms with Crippen LogP contribution in [-0.4, -0.2) is 51.5 Å². The van der Waals surface area contributed by atoms with Crippen LogP contribution in [0.4, 0.5) is 4.79 Å². The van der Waals surface area contributed by atoms with Gasteiger partial charge in [0.15, 0.2) is 0 Å². The first-order chi connectivity index (χ1) is 13.8. The molecule has 1 unspecified atom stereocenters. The largest absolute Gasteiger partial charge is 0.353 e. The summed E-state index contributed by atoms with van der Waals surface area (Å²) in [6.07, 6.45) is 8.51. The molecular weight excluding hydrogens is 364 g/mol. The van der Waals surface area contributed by atoms with E-state index in [0.29, 0.717) is 19.0 Å². The van der Waals surface area contributed by atoms with E-state index < -0.39 is 0 Å². The Hall–Kier alpha value is -1.98. The van der Waals surface area contributed by atoms with Crippen LogP contribution in [0, 0.1) is 5.92 Å². The van der Waals surface area contributed by atoms with Crippen molar-refractivity contribution in [1.29, 1.82) is 0 Å². The van der Waals surface area contributed by atoms with E-state index in [1.54, 1.807) is 4.90 Å². The highest BCUT2D eigenvalue weighted by atomic mass is 16.2. The molecule has 0 aromatic carbocycles. The van der Waals surface area contributed by atoms with Crippen molar-refractivity contribution >= 4 is 11.9 Å². The highest BCUT2D eigenvalue weighted by molar-refractivity contribution is 5.84. The molecule has 0 bridgehead atoms. The minimum absolute atomic E-state index is 0.0130. The summed E-state index contributed by atoms with van der Waals surface area (Å²) in [5, 5.41) is 3.19. The monoisotopic (exact) mass is 404 g/mol. The Balaban J connectivity index is 2.07. The van der Waals surface area contributed by atoms with Gasteiger partial charge in [0.2, 0.25) is 5.91 Å². The zero-order chi connectivity index (χ0) is 21.4. The molecule has 6 heteroatoms. The lowest BCUT2D eigenvalue weighted by Crippen LogP contribution is -2.52. The van der Waals surface area contributed by atoms with Gasteiger partial charge >= 0.3 is 6.03 Å². The van der Waals surface area contributed by atoms with Crippen molar-refractivity contribution in [1.82, 2.24) is 19.7 Å². The third-order valence-electron chi connectivity index (χ3n) is 5.96. The van der Waals surface area contributed by atoms with Gasteiger partial charge in [0.25, 0.3) is 0 Å². The highest BCUT2D eigenvalue weighted by Crippen LogP contribution is 2.18. The molecule has 1 aliphatic carbocycles. The summed E-state index contributed by atoms with van der Waals surface area (Å²) in [6.45, 7) is 9.71. The van der Waals surface area contributed by atoms with E-state index in [1.807, 2.05) is 41.8 Å². The molecule has 2 rings (SSSR count). The van der Waals surface area contributed by atoms with Crippen molar-refractivity contribution < 1.29 is 9.59 Å². The van der Waals surface area contributed by atoms with Crippen molar-refractivity contribution in [2.24, 2.45) is 13.0 Å². The molecular formula is C23H40N4O2. The molecule has 1 aliphatic rings. The first-order valence-electron chi connectivity index (χ1n) is 11.3. The smallest absolute Gasteiger partial charge is 0.318 e. The van der Waals surface area contributed by atoms with Crippen LogP contribution in [0.25, 0.3) is 0 Å². The third kappa shape index (κ3) is 7.09. The van der Waals surface area contributed by atoms with Crippen LogP contribution < -0.4 is 5.32 Å². The molecule has 29 heavy (non-hydrogen) atoms. The Labute approximate surface area is 176 Å². The lowest BCUT2D eigenvalue weighted by molar-refractivity contribution is -0.133. The van der Waals surface area contributed by atoms with Crippen molar-refractivity contribution in [2.75, 3.05) is 13.1 Å². The minimum Gasteiger partial charge on any atom is -0.353 e. The van der Waals surface area contributed by atoms with E-state index in [0.717, 1.165) is 25.0 Å². The fraction of sp³-hybridized carbons (Fsp3) is 0.739. The van der Waals surface area contributed by atoms with Gasteiger partial charge in [-0.15, -0.1) is 0 Å². The molecule has 3 amide bonds. The van der Waals surface area contributed by atoms with Crippen LogP contribution in [0.15, 0.2) is 18.3 Å². The molecule has 1 heterocycles. The summed E-state index contributed by atoms with van der Waals surface area (Å²) in [5.74, 6) is 0.381. The van der Waals surface area contributed by atoms with Gasteiger partial charge in [-0.05, 0) is 44.2 Å². The number of hydrogen-bond donors (Lipinski definition) is 1. The van der Waals surface area contributed by atoms with E-state index in [4.69, 9.17) is 0 Å². The number of aromatic nitrogens is 1. The van der Waals surface area contributed by atoms with E-state index in [9.17, 15) is 9.59 Å². The molecule has 1 aromatic rings. The third-order valence-corrected chi connectivity index (χ3v) is 5.96. The molecule has 0 saturated heterocycles. The first kappa shape index (κ1) is 23.3. The Morgan fingerprint density at radius 2 is 1.90 bits per heavy atom. The summed E-state index contributed by atoms with van der Waals surface area (Å²) in [5.41, 5.74) is 1.10. The number of amides is 3. The average molecular weight is 405 g/mol. The summed E-state index contributed by atoms with van der Waals surface area (Å²) < 4.78 is 2.04. The first-order valence-corrected chi connectivity index (χ1v) is 11.3. The van der Waals surface area contributed by atoms with Gasteiger partial charge in [-0.1, -0.05) is 40.0 Å². The Morgan fingerprint density at radius 1 is 1.21 bits per heavy atom. The van der Waals surface area contributed by atoms with E-state index in [1.165, 1.54) is 19.3 Å². The van der Waals surface area contributed by atoms with Crippen LogP contribution in [0.5, 0.6) is 0 Å². The van der Waals surface area contributed by atoms with Gasteiger partial charge in [0.05, 0.1) is 6.54 Å². The van der Waals surface area contributed by atoms with Gasteiger partial charge < -0.3 is 19.7 Å². The number of aryl methyl sites for hydroxylation is 1. The van der Waals surface area contributed by atoms with Gasteiger partial charge in [-0.25, -0.2) is 4.79 Å². The molecule has 1 N–H and O–H groups in total. The lowest BCUT2D eigenvalue weighted by atomic mass is 9.96. The van der Waals surface area contributed by atoms with Crippen LogP contribution in [0.3, 0.4) is 0 Å². The number of urea groups is 1. The molecule has 1 fully saturated rings. The van der Waals surface area contributed by atoms with Crippen LogP contribution in [0.2, 0.25) is 0 Å². The molecule has 6 nitrogen and oxygen atoms in total. The second kappa shape index (κ2) is 11.3. The Bertz CT molecular complexity index is 649. The highest BCUT2D eigenvalue weighted by Gasteiger charge is 2.27. The summed E-state index contributed by atoms with van der Waals surface area (Å²) in [7, 11) is 2.00. The van der Waals surface area contributed by atoms with Gasteiger partial charge in [-0.2, -0.15) is 0 Å². The second-order valence-electron chi connectivity index (χ2n) is 8.95. The number of carbonyl (C=O) groups excluding carboxylic acids is 2. The topological polar surface area (TPSA) is 57.6 Å². The van der Waals surface area contributed by atoms with Crippen LogP contribution in [0.1, 0.15) is 71.9 Å². The van der Waals surface area contributed by atoms with Crippen molar-refractivity contribution in [2.45, 2.75) is 84.8 Å². The zero-order valence-corrected chi connectivity index (χ0v) is 19.0. The predicted octanol–water partition coefficient (Wildman–Crippen LogP) is 4.15. The number of hydrogen-bond acceptors (Lipinski definition) is 2. The quantitative estimate of drug-likeness (QED) is 0.672. The molecule has 1 saturated carbocycles. The van der Waals surface area contributed by atoms with Crippen molar-refractivity contribution in [3.8, 4) is 0 Å². The van der Waals surface area contributed by atoms with Crippen LogP contribution >= 0.6 is 0 Å². The molecule has 0 spiro atoms. The minimum atomic E-state index is -0.0945. The number of nitrogens with one attached hydrogen (secondary N) is 1. The van der Waals surface area contributed by atoms with E-state index >= 15 is 0 Å².